The van der Waals surface area contributed by atoms with Gasteiger partial charge in [-0.3, -0.25) is 4.79 Å². The van der Waals surface area contributed by atoms with Crippen LogP contribution in [0.5, 0.6) is 17.2 Å². The van der Waals surface area contributed by atoms with Crippen LogP contribution >= 0.6 is 0 Å². The smallest absolute Gasteiger partial charge is 0.243 e. The van der Waals surface area contributed by atoms with Gasteiger partial charge in [0, 0.05) is 32.2 Å². The molecule has 0 N–H and O–H groups in total. The molecule has 6 rings (SSSR count). The second kappa shape index (κ2) is 9.93. The van der Waals surface area contributed by atoms with Crippen LogP contribution in [0.2, 0.25) is 0 Å². The molecule has 1 unspecified atom stereocenters. The van der Waals surface area contributed by atoms with Crippen LogP contribution in [0.1, 0.15) is 55.6 Å². The summed E-state index contributed by atoms with van der Waals surface area (Å²) < 4.78 is 45.0. The maximum atomic E-state index is 13.8. The van der Waals surface area contributed by atoms with Gasteiger partial charge in [0.2, 0.25) is 15.9 Å². The number of benzene rings is 2. The lowest BCUT2D eigenvalue weighted by Gasteiger charge is -2.27. The Morgan fingerprint density at radius 2 is 1.71 bits per heavy atom. The van der Waals surface area contributed by atoms with Crippen LogP contribution in [0.25, 0.3) is 0 Å². The van der Waals surface area contributed by atoms with Crippen LogP contribution in [-0.4, -0.2) is 70.0 Å². The molecule has 9 heteroatoms. The first-order valence-corrected chi connectivity index (χ1v) is 14.9. The molecule has 1 aliphatic carbocycles. The largest absolute Gasteiger partial charge is 0.496 e. The average molecular weight is 539 g/mol. The second-order valence-electron chi connectivity index (χ2n) is 10.6. The lowest BCUT2D eigenvalue weighted by atomic mass is 9.90. The topological polar surface area (TPSA) is 85.4 Å². The summed E-state index contributed by atoms with van der Waals surface area (Å²) in [5.41, 5.74) is 4.32. The summed E-state index contributed by atoms with van der Waals surface area (Å²) in [7, 11) is -1.99. The molecule has 38 heavy (non-hydrogen) atoms. The molecule has 0 saturated heterocycles. The van der Waals surface area contributed by atoms with Crippen LogP contribution in [0, 0.1) is 0 Å². The number of sulfonamides is 1. The Hall–Kier alpha value is -3.04. The van der Waals surface area contributed by atoms with Gasteiger partial charge in [-0.25, -0.2) is 8.42 Å². The number of nitrogens with zero attached hydrogens (tertiary/aromatic N) is 2. The second-order valence-corrected chi connectivity index (χ2v) is 12.5. The maximum absolute atomic E-state index is 13.8. The SMILES string of the molecule is CCCC(C(=O)N1CC2=C(C1)CN(S(=O)(=O)c1ccc3c(c1)OCCO3)C2)c1ccc(OC)c(C2CC2)c1. The van der Waals surface area contributed by atoms with Crippen molar-refractivity contribution in [3.63, 3.8) is 0 Å². The predicted molar refractivity (Wildman–Crippen MR) is 142 cm³/mol. The van der Waals surface area contributed by atoms with E-state index in [9.17, 15) is 13.2 Å². The summed E-state index contributed by atoms with van der Waals surface area (Å²) in [5, 5.41) is 0. The number of methoxy groups -OCH3 is 1. The van der Waals surface area contributed by atoms with Crippen LogP contribution < -0.4 is 14.2 Å². The van der Waals surface area contributed by atoms with Gasteiger partial charge in [-0.2, -0.15) is 4.31 Å². The molecule has 2 aromatic carbocycles. The highest BCUT2D eigenvalue weighted by Gasteiger charge is 2.39. The molecule has 0 spiro atoms. The summed E-state index contributed by atoms with van der Waals surface area (Å²) in [6.45, 7) is 4.54. The van der Waals surface area contributed by atoms with E-state index in [1.807, 2.05) is 17.0 Å². The Morgan fingerprint density at radius 1 is 1.00 bits per heavy atom. The predicted octanol–water partition coefficient (Wildman–Crippen LogP) is 4.07. The fourth-order valence-electron chi connectivity index (χ4n) is 5.83. The van der Waals surface area contributed by atoms with Gasteiger partial charge in [0.15, 0.2) is 11.5 Å². The van der Waals surface area contributed by atoms with Crippen molar-refractivity contribution >= 4 is 15.9 Å². The number of amides is 1. The van der Waals surface area contributed by atoms with Crippen molar-refractivity contribution in [3.05, 3.63) is 58.7 Å². The first-order valence-electron chi connectivity index (χ1n) is 13.4. The monoisotopic (exact) mass is 538 g/mol. The third-order valence-electron chi connectivity index (χ3n) is 8.01. The van der Waals surface area contributed by atoms with Crippen molar-refractivity contribution in [2.75, 3.05) is 46.5 Å². The number of ether oxygens (including phenoxy) is 3. The van der Waals surface area contributed by atoms with Gasteiger partial charge in [0.05, 0.1) is 17.9 Å². The molecule has 1 atom stereocenters. The summed E-state index contributed by atoms with van der Waals surface area (Å²) in [6.07, 6.45) is 4.02. The fourth-order valence-corrected chi connectivity index (χ4v) is 7.27. The molecule has 202 valence electrons. The van der Waals surface area contributed by atoms with E-state index in [4.69, 9.17) is 14.2 Å². The van der Waals surface area contributed by atoms with Gasteiger partial charge in [-0.1, -0.05) is 25.5 Å². The number of fused-ring (bicyclic) bond motifs is 1. The van der Waals surface area contributed by atoms with Crippen LogP contribution in [0.4, 0.5) is 0 Å². The number of rotatable bonds is 8. The molecular weight excluding hydrogens is 504 g/mol. The lowest BCUT2D eigenvalue weighted by Crippen LogP contribution is -2.38. The molecule has 3 heterocycles. The zero-order chi connectivity index (χ0) is 26.4. The number of hydrogen-bond acceptors (Lipinski definition) is 6. The molecule has 0 radical (unpaired) electrons. The first kappa shape index (κ1) is 25.2. The van der Waals surface area contributed by atoms with Crippen molar-refractivity contribution in [2.45, 2.75) is 49.3 Å². The van der Waals surface area contributed by atoms with E-state index in [0.717, 1.165) is 35.3 Å². The van der Waals surface area contributed by atoms with Crippen LogP contribution in [-0.2, 0) is 14.8 Å². The van der Waals surface area contributed by atoms with Gasteiger partial charge in [0.25, 0.3) is 0 Å². The Balaban J connectivity index is 1.15. The Morgan fingerprint density at radius 3 is 2.37 bits per heavy atom. The summed E-state index contributed by atoms with van der Waals surface area (Å²) in [4.78, 5) is 15.9. The van der Waals surface area contributed by atoms with Crippen molar-refractivity contribution in [2.24, 2.45) is 0 Å². The molecule has 0 aromatic heterocycles. The number of carbonyl (C=O) groups excluding carboxylic acids is 1. The molecule has 1 amide bonds. The zero-order valence-corrected chi connectivity index (χ0v) is 22.8. The van der Waals surface area contributed by atoms with Gasteiger partial charge in [-0.05, 0) is 65.7 Å². The standard InChI is InChI=1S/C29H34N2O6S/c1-3-4-24(20-7-9-26(35-2)25(13-20)19-5-6-19)29(32)30-15-21-17-31(18-22(21)16-30)38(33,34)23-8-10-27-28(14-23)37-12-11-36-27/h7-10,13-14,19,24H,3-6,11-12,15-18H2,1-2H3. The molecular formula is C29H34N2O6S. The summed E-state index contributed by atoms with van der Waals surface area (Å²) in [5.74, 6) is 2.37. The van der Waals surface area contributed by atoms with E-state index in [-0.39, 0.29) is 16.7 Å². The van der Waals surface area contributed by atoms with Gasteiger partial charge < -0.3 is 19.1 Å². The molecule has 2 aromatic rings. The fraction of sp³-hybridized carbons (Fsp3) is 0.483. The highest BCUT2D eigenvalue weighted by Crippen LogP contribution is 2.45. The van der Waals surface area contributed by atoms with Crippen molar-refractivity contribution in [1.29, 1.82) is 0 Å². The third kappa shape index (κ3) is 4.56. The average Bonchev–Trinajstić information content (AvgIpc) is 3.58. The molecule has 1 saturated carbocycles. The van der Waals surface area contributed by atoms with E-state index in [2.05, 4.69) is 13.0 Å². The van der Waals surface area contributed by atoms with E-state index in [1.54, 1.807) is 25.3 Å². The van der Waals surface area contributed by atoms with E-state index in [0.29, 0.717) is 56.8 Å². The molecule has 4 aliphatic rings. The molecule has 1 fully saturated rings. The minimum Gasteiger partial charge on any atom is -0.496 e. The Kier molecular flexibility index (Phi) is 6.60. The van der Waals surface area contributed by atoms with Crippen molar-refractivity contribution in [3.8, 4) is 17.2 Å². The number of carbonyl (C=O) groups is 1. The van der Waals surface area contributed by atoms with E-state index in [1.165, 1.54) is 22.7 Å². The molecule has 0 bridgehead atoms. The van der Waals surface area contributed by atoms with Crippen LogP contribution in [0.3, 0.4) is 0 Å². The first-order chi connectivity index (χ1) is 18.4. The van der Waals surface area contributed by atoms with Crippen LogP contribution in [0.15, 0.2) is 52.4 Å². The zero-order valence-electron chi connectivity index (χ0n) is 21.9. The van der Waals surface area contributed by atoms with Crippen molar-refractivity contribution < 1.29 is 27.4 Å². The van der Waals surface area contributed by atoms with E-state index >= 15 is 0 Å². The minimum atomic E-state index is -3.69. The highest BCUT2D eigenvalue weighted by molar-refractivity contribution is 7.89. The van der Waals surface area contributed by atoms with Gasteiger partial charge >= 0.3 is 0 Å². The minimum absolute atomic E-state index is 0.120. The number of hydrogen-bond donors (Lipinski definition) is 0. The Bertz CT molecular complexity index is 1380. The Labute approximate surface area is 224 Å². The third-order valence-corrected chi connectivity index (χ3v) is 9.80. The normalized spacial score (nSPS) is 20.0. The quantitative estimate of drug-likeness (QED) is 0.471. The van der Waals surface area contributed by atoms with Gasteiger partial charge in [-0.15, -0.1) is 0 Å². The summed E-state index contributed by atoms with van der Waals surface area (Å²) >= 11 is 0. The molecule has 8 nitrogen and oxygen atoms in total. The lowest BCUT2D eigenvalue weighted by molar-refractivity contribution is -0.131. The highest BCUT2D eigenvalue weighted by atomic mass is 32.2. The molecule has 3 aliphatic heterocycles. The van der Waals surface area contributed by atoms with Crippen molar-refractivity contribution in [1.82, 2.24) is 9.21 Å². The maximum Gasteiger partial charge on any atom is 0.243 e. The van der Waals surface area contributed by atoms with E-state index < -0.39 is 10.0 Å². The summed E-state index contributed by atoms with van der Waals surface area (Å²) in [6, 6.07) is 11.0. The van der Waals surface area contributed by atoms with Gasteiger partial charge in [0.1, 0.15) is 19.0 Å².